The lowest BCUT2D eigenvalue weighted by atomic mass is 10.2. The molecule has 0 bridgehead atoms. The third-order valence-electron chi connectivity index (χ3n) is 2.36. The molecule has 4 heteroatoms. The summed E-state index contributed by atoms with van der Waals surface area (Å²) < 4.78 is 6.01. The van der Waals surface area contributed by atoms with Crippen molar-refractivity contribution in [1.29, 1.82) is 0 Å². The molecule has 0 spiro atoms. The molecule has 0 radical (unpaired) electrons. The topological polar surface area (TPSA) is 39.2 Å². The van der Waals surface area contributed by atoms with E-state index < -0.39 is 0 Å². The zero-order valence-electron chi connectivity index (χ0n) is 10.1. The molecule has 0 unspecified atom stereocenters. The summed E-state index contributed by atoms with van der Waals surface area (Å²) in [6.07, 6.45) is 4.67. The quantitative estimate of drug-likeness (QED) is 0.639. The lowest BCUT2D eigenvalue weighted by molar-refractivity contribution is -0.138. The second kappa shape index (κ2) is 6.85. The minimum absolute atomic E-state index is 0.276. The van der Waals surface area contributed by atoms with Gasteiger partial charge in [0.2, 0.25) is 0 Å². The molecule has 1 aromatic heterocycles. The first-order valence-electron chi connectivity index (χ1n) is 5.74. The van der Waals surface area contributed by atoms with E-state index in [2.05, 4.69) is 20.9 Å². The maximum Gasteiger partial charge on any atom is 0.331 e. The molecule has 0 fully saturated rings. The SMILES string of the molecule is O=C(C=Cc1ccc(Br)cn1)OCc1ccccc1. The molecule has 2 rings (SSSR count). The van der Waals surface area contributed by atoms with Gasteiger partial charge in [-0.2, -0.15) is 0 Å². The van der Waals surface area contributed by atoms with Gasteiger partial charge in [-0.05, 0) is 39.7 Å². The van der Waals surface area contributed by atoms with Crippen LogP contribution in [0.15, 0.2) is 59.2 Å². The van der Waals surface area contributed by atoms with Crippen LogP contribution in [-0.4, -0.2) is 11.0 Å². The summed E-state index contributed by atoms with van der Waals surface area (Å²) in [6, 6.07) is 13.2. The normalized spacial score (nSPS) is 10.6. The van der Waals surface area contributed by atoms with Gasteiger partial charge in [-0.25, -0.2) is 4.79 Å². The Balaban J connectivity index is 1.86. The molecule has 0 saturated carbocycles. The molecular weight excluding hydrogens is 306 g/mol. The summed E-state index contributed by atoms with van der Waals surface area (Å²) in [5.41, 5.74) is 1.67. The standard InChI is InChI=1S/C15H12BrNO2/c16-13-6-7-14(17-10-13)8-9-15(18)19-11-12-4-2-1-3-5-12/h1-10H,11H2. The zero-order chi connectivity index (χ0) is 13.5. The van der Waals surface area contributed by atoms with Gasteiger partial charge >= 0.3 is 5.97 Å². The summed E-state index contributed by atoms with van der Waals surface area (Å²) in [4.78, 5) is 15.6. The lowest BCUT2D eigenvalue weighted by Crippen LogP contribution is -2.00. The molecule has 3 nitrogen and oxygen atoms in total. The number of aromatic nitrogens is 1. The average molecular weight is 318 g/mol. The molecule has 19 heavy (non-hydrogen) atoms. The first-order chi connectivity index (χ1) is 9.24. The van der Waals surface area contributed by atoms with Crippen LogP contribution in [0.5, 0.6) is 0 Å². The van der Waals surface area contributed by atoms with Crippen molar-refractivity contribution < 1.29 is 9.53 Å². The number of hydrogen-bond donors (Lipinski definition) is 0. The molecular formula is C15H12BrNO2. The first-order valence-corrected chi connectivity index (χ1v) is 6.53. The van der Waals surface area contributed by atoms with Crippen molar-refractivity contribution in [2.24, 2.45) is 0 Å². The van der Waals surface area contributed by atoms with Crippen LogP contribution in [0, 0.1) is 0 Å². The van der Waals surface area contributed by atoms with Gasteiger partial charge in [-0.3, -0.25) is 4.98 Å². The van der Waals surface area contributed by atoms with Gasteiger partial charge < -0.3 is 4.74 Å². The molecule has 0 aliphatic rings. The van der Waals surface area contributed by atoms with E-state index in [1.165, 1.54) is 6.08 Å². The van der Waals surface area contributed by atoms with Crippen molar-refractivity contribution in [3.8, 4) is 0 Å². The molecule has 0 aliphatic heterocycles. The predicted octanol–water partition coefficient (Wildman–Crippen LogP) is 3.60. The highest BCUT2D eigenvalue weighted by Gasteiger charge is 1.98. The van der Waals surface area contributed by atoms with Gasteiger partial charge in [0.1, 0.15) is 6.61 Å². The van der Waals surface area contributed by atoms with E-state index in [0.717, 1.165) is 10.0 Å². The predicted molar refractivity (Wildman–Crippen MR) is 77.2 cm³/mol. The highest BCUT2D eigenvalue weighted by atomic mass is 79.9. The molecule has 0 amide bonds. The van der Waals surface area contributed by atoms with Crippen molar-refractivity contribution in [1.82, 2.24) is 4.98 Å². The van der Waals surface area contributed by atoms with Gasteiger partial charge in [0.25, 0.3) is 0 Å². The van der Waals surface area contributed by atoms with Gasteiger partial charge in [-0.1, -0.05) is 30.3 Å². The Morgan fingerprint density at radius 1 is 1.21 bits per heavy atom. The third-order valence-corrected chi connectivity index (χ3v) is 2.83. The Morgan fingerprint density at radius 2 is 2.00 bits per heavy atom. The van der Waals surface area contributed by atoms with E-state index >= 15 is 0 Å². The molecule has 0 aliphatic carbocycles. The minimum atomic E-state index is -0.381. The van der Waals surface area contributed by atoms with Gasteiger partial charge in [0.15, 0.2) is 0 Å². The van der Waals surface area contributed by atoms with Crippen LogP contribution < -0.4 is 0 Å². The van der Waals surface area contributed by atoms with Gasteiger partial charge in [-0.15, -0.1) is 0 Å². The highest BCUT2D eigenvalue weighted by molar-refractivity contribution is 9.10. The van der Waals surface area contributed by atoms with Crippen LogP contribution in [0.2, 0.25) is 0 Å². The molecule has 96 valence electrons. The Hall–Kier alpha value is -1.94. The van der Waals surface area contributed by atoms with Crippen LogP contribution in [0.4, 0.5) is 0 Å². The van der Waals surface area contributed by atoms with Crippen molar-refractivity contribution in [2.75, 3.05) is 0 Å². The van der Waals surface area contributed by atoms with Crippen LogP contribution >= 0.6 is 15.9 Å². The van der Waals surface area contributed by atoms with Crippen molar-refractivity contribution >= 4 is 28.0 Å². The number of rotatable bonds is 4. The smallest absolute Gasteiger partial charge is 0.331 e. The molecule has 0 atom stereocenters. The van der Waals surface area contributed by atoms with Crippen molar-refractivity contribution in [3.63, 3.8) is 0 Å². The van der Waals surface area contributed by atoms with E-state index in [0.29, 0.717) is 5.69 Å². The van der Waals surface area contributed by atoms with Crippen molar-refractivity contribution in [3.05, 3.63) is 70.5 Å². The summed E-state index contributed by atoms with van der Waals surface area (Å²) in [5, 5.41) is 0. The van der Waals surface area contributed by atoms with E-state index in [1.807, 2.05) is 42.5 Å². The Labute approximate surface area is 120 Å². The maximum atomic E-state index is 11.5. The summed E-state index contributed by atoms with van der Waals surface area (Å²) >= 11 is 3.30. The fourth-order valence-electron chi connectivity index (χ4n) is 1.42. The van der Waals surface area contributed by atoms with E-state index in [-0.39, 0.29) is 12.6 Å². The highest BCUT2D eigenvalue weighted by Crippen LogP contribution is 2.08. The Bertz CT molecular complexity index is 564. The van der Waals surface area contributed by atoms with E-state index in [4.69, 9.17) is 4.74 Å². The van der Waals surface area contributed by atoms with E-state index in [1.54, 1.807) is 12.3 Å². The third kappa shape index (κ3) is 4.67. The monoisotopic (exact) mass is 317 g/mol. The molecule has 0 N–H and O–H groups in total. The zero-order valence-corrected chi connectivity index (χ0v) is 11.7. The van der Waals surface area contributed by atoms with Crippen LogP contribution in [0.3, 0.4) is 0 Å². The number of ether oxygens (including phenoxy) is 1. The summed E-state index contributed by atoms with van der Waals surface area (Å²) in [5.74, 6) is -0.381. The van der Waals surface area contributed by atoms with Crippen LogP contribution in [0.25, 0.3) is 6.08 Å². The summed E-state index contributed by atoms with van der Waals surface area (Å²) in [7, 11) is 0. The number of nitrogens with zero attached hydrogens (tertiary/aromatic N) is 1. The lowest BCUT2D eigenvalue weighted by Gasteiger charge is -2.01. The molecule has 0 saturated heterocycles. The maximum absolute atomic E-state index is 11.5. The second-order valence-electron chi connectivity index (χ2n) is 3.83. The fourth-order valence-corrected chi connectivity index (χ4v) is 1.65. The number of esters is 1. The molecule has 1 heterocycles. The van der Waals surface area contributed by atoms with Gasteiger partial charge in [0.05, 0.1) is 5.69 Å². The number of pyridine rings is 1. The number of hydrogen-bond acceptors (Lipinski definition) is 3. The first kappa shape index (κ1) is 13.5. The van der Waals surface area contributed by atoms with Crippen LogP contribution in [0.1, 0.15) is 11.3 Å². The van der Waals surface area contributed by atoms with Crippen molar-refractivity contribution in [2.45, 2.75) is 6.61 Å². The Kier molecular flexibility index (Phi) is 4.86. The largest absolute Gasteiger partial charge is 0.458 e. The number of halogens is 1. The minimum Gasteiger partial charge on any atom is -0.458 e. The average Bonchev–Trinajstić information content (AvgIpc) is 2.45. The second-order valence-corrected chi connectivity index (χ2v) is 4.74. The number of benzene rings is 1. The molecule has 1 aromatic carbocycles. The van der Waals surface area contributed by atoms with Gasteiger partial charge in [0, 0.05) is 16.7 Å². The molecule has 2 aromatic rings. The van der Waals surface area contributed by atoms with Crippen LogP contribution in [-0.2, 0) is 16.1 Å². The number of carbonyl (C=O) groups excluding carboxylic acids is 1. The fraction of sp³-hybridized carbons (Fsp3) is 0.0667. The Morgan fingerprint density at radius 3 is 2.68 bits per heavy atom. The summed E-state index contributed by atoms with van der Waals surface area (Å²) in [6.45, 7) is 0.276. The van der Waals surface area contributed by atoms with E-state index in [9.17, 15) is 4.79 Å². The number of carbonyl (C=O) groups is 1.